The number of hydrogen-bond acceptors (Lipinski definition) is 0. The monoisotopic (exact) mass is 338 g/mol. The number of allylic oxidation sites excluding steroid dienone is 2. The summed E-state index contributed by atoms with van der Waals surface area (Å²) in [6.07, 6.45) is -18.1. The zero-order valence-electron chi connectivity index (χ0n) is 10.1. The highest BCUT2D eigenvalue weighted by Gasteiger charge is 2.44. The summed E-state index contributed by atoms with van der Waals surface area (Å²) in [6.45, 7) is 0. The minimum absolute atomic E-state index is 0.256. The third-order valence-corrected chi connectivity index (χ3v) is 2.41. The Kier molecular flexibility index (Phi) is 4.93. The third kappa shape index (κ3) is 3.80. The molecule has 0 atom stereocenters. The van der Waals surface area contributed by atoms with Crippen LogP contribution in [0.1, 0.15) is 11.1 Å². The SMILES string of the molecule is FC(F)=C(c1ccccc1C(=C(F)F)C(F)(F)F)C(F)(F)F. The van der Waals surface area contributed by atoms with E-state index in [1.165, 1.54) is 0 Å². The summed E-state index contributed by atoms with van der Waals surface area (Å²) in [5.41, 5.74) is -8.78. The molecule has 0 saturated heterocycles. The topological polar surface area (TPSA) is 0 Å². The normalized spacial score (nSPS) is 12.1. The van der Waals surface area contributed by atoms with E-state index in [2.05, 4.69) is 0 Å². The summed E-state index contributed by atoms with van der Waals surface area (Å²) < 4.78 is 125. The van der Waals surface area contributed by atoms with E-state index in [1.807, 2.05) is 0 Å². The van der Waals surface area contributed by atoms with Crippen LogP contribution in [0.15, 0.2) is 36.4 Å². The number of halogens is 10. The molecule has 10 heteroatoms. The molecule has 0 nitrogen and oxygen atoms in total. The summed E-state index contributed by atoms with van der Waals surface area (Å²) in [7, 11) is 0. The van der Waals surface area contributed by atoms with Crippen LogP contribution >= 0.6 is 0 Å². The predicted octanol–water partition coefficient (Wildman–Crippen LogP) is 6.03. The molecule has 1 rings (SSSR count). The van der Waals surface area contributed by atoms with Gasteiger partial charge in [-0.05, 0) is 0 Å². The molecule has 0 unspecified atom stereocenters. The van der Waals surface area contributed by atoms with Crippen LogP contribution in [0.3, 0.4) is 0 Å². The maximum atomic E-state index is 12.6. The molecule has 1 aromatic rings. The van der Waals surface area contributed by atoms with Crippen molar-refractivity contribution >= 4 is 11.1 Å². The van der Waals surface area contributed by atoms with Crippen LogP contribution in [0.2, 0.25) is 0 Å². The van der Waals surface area contributed by atoms with Crippen LogP contribution in [-0.2, 0) is 0 Å². The van der Waals surface area contributed by atoms with Gasteiger partial charge in [0.05, 0.1) is 0 Å². The van der Waals surface area contributed by atoms with E-state index < -0.39 is 46.8 Å². The fourth-order valence-corrected chi connectivity index (χ4v) is 1.64. The Hall–Kier alpha value is -2.00. The zero-order chi connectivity index (χ0) is 17.3. The molecule has 0 aliphatic rings. The lowest BCUT2D eigenvalue weighted by Crippen LogP contribution is -2.17. The maximum Gasteiger partial charge on any atom is 0.422 e. The average Bonchev–Trinajstić information content (AvgIpc) is 2.26. The van der Waals surface area contributed by atoms with Crippen molar-refractivity contribution < 1.29 is 43.9 Å². The first-order chi connectivity index (χ1) is 9.87. The quantitative estimate of drug-likeness (QED) is 0.578. The molecular weight excluding hydrogens is 334 g/mol. The Morgan fingerprint density at radius 2 is 0.864 bits per heavy atom. The molecule has 0 heterocycles. The lowest BCUT2D eigenvalue weighted by molar-refractivity contribution is -0.0737. The minimum atomic E-state index is -5.72. The smallest absolute Gasteiger partial charge is 0.173 e. The molecular formula is C12H4F10. The molecule has 0 bridgehead atoms. The van der Waals surface area contributed by atoms with E-state index in [0.717, 1.165) is 12.1 Å². The second-order valence-electron chi connectivity index (χ2n) is 3.81. The largest absolute Gasteiger partial charge is 0.422 e. The lowest BCUT2D eigenvalue weighted by atomic mass is 9.94. The van der Waals surface area contributed by atoms with E-state index in [4.69, 9.17) is 0 Å². The highest BCUT2D eigenvalue weighted by molar-refractivity contribution is 5.83. The second kappa shape index (κ2) is 6.01. The number of rotatable bonds is 2. The van der Waals surface area contributed by atoms with Crippen molar-refractivity contribution in [2.45, 2.75) is 12.4 Å². The van der Waals surface area contributed by atoms with Gasteiger partial charge in [0.1, 0.15) is 11.1 Å². The van der Waals surface area contributed by atoms with Gasteiger partial charge in [-0.15, -0.1) is 0 Å². The standard InChI is InChI=1S/C12H4F10/c13-9(14)7(11(17,18)19)5-3-1-2-4-6(5)8(10(15)16)12(20,21)22/h1-4H. The van der Waals surface area contributed by atoms with Gasteiger partial charge in [-0.1, -0.05) is 24.3 Å². The summed E-state index contributed by atoms with van der Waals surface area (Å²) in [5, 5.41) is 0. The fourth-order valence-electron chi connectivity index (χ4n) is 1.64. The van der Waals surface area contributed by atoms with Crippen LogP contribution in [0, 0.1) is 0 Å². The van der Waals surface area contributed by atoms with Gasteiger partial charge < -0.3 is 0 Å². The van der Waals surface area contributed by atoms with Gasteiger partial charge in [0.2, 0.25) is 0 Å². The summed E-state index contributed by atoms with van der Waals surface area (Å²) in [5.74, 6) is 0. The molecule has 0 aromatic heterocycles. The Balaban J connectivity index is 3.77. The van der Waals surface area contributed by atoms with E-state index in [1.54, 1.807) is 0 Å². The van der Waals surface area contributed by atoms with Crippen LogP contribution in [0.4, 0.5) is 43.9 Å². The second-order valence-corrected chi connectivity index (χ2v) is 3.81. The summed E-state index contributed by atoms with van der Waals surface area (Å²) in [6, 6.07) is 1.95. The third-order valence-electron chi connectivity index (χ3n) is 2.41. The average molecular weight is 338 g/mol. The Morgan fingerprint density at radius 1 is 0.591 bits per heavy atom. The van der Waals surface area contributed by atoms with Crippen molar-refractivity contribution in [3.8, 4) is 0 Å². The lowest BCUT2D eigenvalue weighted by Gasteiger charge is -2.17. The Labute approximate surface area is 116 Å². The molecule has 22 heavy (non-hydrogen) atoms. The molecule has 0 spiro atoms. The first-order valence-corrected chi connectivity index (χ1v) is 5.22. The van der Waals surface area contributed by atoms with Gasteiger partial charge in [0.15, 0.2) is 0 Å². The van der Waals surface area contributed by atoms with E-state index in [-0.39, 0.29) is 12.1 Å². The molecule has 0 aliphatic heterocycles. The van der Waals surface area contributed by atoms with Crippen molar-refractivity contribution in [3.63, 3.8) is 0 Å². The maximum absolute atomic E-state index is 12.6. The highest BCUT2D eigenvalue weighted by Crippen LogP contribution is 2.44. The van der Waals surface area contributed by atoms with Crippen LogP contribution < -0.4 is 0 Å². The molecule has 0 radical (unpaired) electrons. The molecule has 0 aliphatic carbocycles. The van der Waals surface area contributed by atoms with Gasteiger partial charge in [-0.3, -0.25) is 0 Å². The highest BCUT2D eigenvalue weighted by atomic mass is 19.4. The Bertz CT molecular complexity index is 555. The van der Waals surface area contributed by atoms with Gasteiger partial charge in [0.25, 0.3) is 12.2 Å². The fraction of sp³-hybridized carbons (Fsp3) is 0.167. The Morgan fingerprint density at radius 3 is 1.05 bits per heavy atom. The molecule has 0 amide bonds. The number of alkyl halides is 6. The molecule has 1 aromatic carbocycles. The van der Waals surface area contributed by atoms with Crippen LogP contribution in [0.25, 0.3) is 11.1 Å². The van der Waals surface area contributed by atoms with Crippen molar-refractivity contribution in [2.24, 2.45) is 0 Å². The minimum Gasteiger partial charge on any atom is -0.173 e. The van der Waals surface area contributed by atoms with Crippen LogP contribution in [-0.4, -0.2) is 12.4 Å². The van der Waals surface area contributed by atoms with Crippen molar-refractivity contribution in [1.82, 2.24) is 0 Å². The molecule has 0 N–H and O–H groups in total. The van der Waals surface area contributed by atoms with Gasteiger partial charge in [0, 0.05) is 11.1 Å². The summed E-state index contributed by atoms with van der Waals surface area (Å²) in [4.78, 5) is 0. The van der Waals surface area contributed by atoms with Crippen molar-refractivity contribution in [2.75, 3.05) is 0 Å². The molecule has 122 valence electrons. The first-order valence-electron chi connectivity index (χ1n) is 5.22. The van der Waals surface area contributed by atoms with Gasteiger partial charge in [-0.2, -0.15) is 43.9 Å². The number of benzene rings is 1. The van der Waals surface area contributed by atoms with E-state index in [0.29, 0.717) is 0 Å². The first kappa shape index (κ1) is 18.1. The zero-order valence-corrected chi connectivity index (χ0v) is 10.1. The van der Waals surface area contributed by atoms with Gasteiger partial charge in [-0.25, -0.2) is 0 Å². The number of hydrogen-bond donors (Lipinski definition) is 0. The molecule has 0 saturated carbocycles. The van der Waals surface area contributed by atoms with E-state index >= 15 is 0 Å². The van der Waals surface area contributed by atoms with E-state index in [9.17, 15) is 43.9 Å². The summed E-state index contributed by atoms with van der Waals surface area (Å²) >= 11 is 0. The van der Waals surface area contributed by atoms with Gasteiger partial charge >= 0.3 is 12.4 Å². The van der Waals surface area contributed by atoms with Crippen molar-refractivity contribution in [1.29, 1.82) is 0 Å². The predicted molar refractivity (Wildman–Crippen MR) is 56.8 cm³/mol. The van der Waals surface area contributed by atoms with Crippen LogP contribution in [0.5, 0.6) is 0 Å². The molecule has 0 fully saturated rings. The van der Waals surface area contributed by atoms with Crippen molar-refractivity contribution in [3.05, 3.63) is 47.6 Å².